The highest BCUT2D eigenvalue weighted by Gasteiger charge is 2.30. The van der Waals surface area contributed by atoms with Crippen LogP contribution < -0.4 is 10.1 Å². The first-order chi connectivity index (χ1) is 16.1. The van der Waals surface area contributed by atoms with Crippen molar-refractivity contribution in [3.8, 4) is 17.1 Å². The number of nitrogens with one attached hydrogen (secondary N) is 1. The van der Waals surface area contributed by atoms with Crippen LogP contribution in [0.5, 0.6) is 5.75 Å². The molecule has 1 aromatic heterocycles. The minimum Gasteiger partial charge on any atom is -0.497 e. The van der Waals surface area contributed by atoms with E-state index in [1.54, 1.807) is 19.2 Å². The van der Waals surface area contributed by atoms with Gasteiger partial charge in [0, 0.05) is 37.8 Å². The number of aromatic nitrogens is 1. The molecule has 4 rings (SSSR count). The van der Waals surface area contributed by atoms with Gasteiger partial charge in [0.2, 0.25) is 5.91 Å². The van der Waals surface area contributed by atoms with Crippen molar-refractivity contribution in [2.24, 2.45) is 0 Å². The van der Waals surface area contributed by atoms with Gasteiger partial charge >= 0.3 is 0 Å². The molecule has 0 saturated carbocycles. The van der Waals surface area contributed by atoms with Crippen LogP contribution in [0, 0.1) is 0 Å². The van der Waals surface area contributed by atoms with Crippen LogP contribution in [0.15, 0.2) is 65.2 Å². The standard InChI is InChI=1S/C25H28N4O4/c1-3-28-12-14-29(15-13-28)25(31)23(18-8-5-4-6-9-18)26-24(30)21-17-22(33-27-21)19-10-7-11-20(16-19)32-2/h4-11,16-17,23H,3,12-15H2,1-2H3,(H,26,30). The lowest BCUT2D eigenvalue weighted by atomic mass is 10.0. The molecule has 1 N–H and O–H groups in total. The third kappa shape index (κ3) is 5.23. The molecule has 1 unspecified atom stereocenters. The van der Waals surface area contributed by atoms with E-state index in [0.29, 0.717) is 24.6 Å². The third-order valence-electron chi connectivity index (χ3n) is 5.88. The van der Waals surface area contributed by atoms with Crippen molar-refractivity contribution in [1.82, 2.24) is 20.3 Å². The van der Waals surface area contributed by atoms with E-state index < -0.39 is 11.9 Å². The summed E-state index contributed by atoms with van der Waals surface area (Å²) in [5.74, 6) is 0.522. The van der Waals surface area contributed by atoms with Crippen molar-refractivity contribution in [3.63, 3.8) is 0 Å². The second-order valence-electron chi connectivity index (χ2n) is 7.89. The molecule has 2 aromatic carbocycles. The van der Waals surface area contributed by atoms with Gasteiger partial charge in [0.1, 0.15) is 11.8 Å². The Hall–Kier alpha value is -3.65. The fourth-order valence-corrected chi connectivity index (χ4v) is 3.90. The molecule has 2 amide bonds. The zero-order valence-corrected chi connectivity index (χ0v) is 18.9. The number of likely N-dealkylation sites (N-methyl/N-ethyl adjacent to an activating group) is 1. The number of piperazine rings is 1. The van der Waals surface area contributed by atoms with Gasteiger partial charge in [-0.15, -0.1) is 0 Å². The van der Waals surface area contributed by atoms with E-state index in [4.69, 9.17) is 9.26 Å². The van der Waals surface area contributed by atoms with Crippen LogP contribution in [-0.2, 0) is 4.79 Å². The van der Waals surface area contributed by atoms with E-state index in [2.05, 4.69) is 22.3 Å². The topological polar surface area (TPSA) is 87.9 Å². The molecule has 0 aliphatic carbocycles. The molecule has 1 fully saturated rings. The first-order valence-electron chi connectivity index (χ1n) is 11.1. The molecule has 0 spiro atoms. The molecule has 33 heavy (non-hydrogen) atoms. The first-order valence-corrected chi connectivity index (χ1v) is 11.1. The second kappa shape index (κ2) is 10.3. The Morgan fingerprint density at radius 3 is 2.52 bits per heavy atom. The Balaban J connectivity index is 1.52. The molecule has 1 saturated heterocycles. The van der Waals surface area contributed by atoms with Crippen molar-refractivity contribution >= 4 is 11.8 Å². The van der Waals surface area contributed by atoms with Crippen molar-refractivity contribution in [2.45, 2.75) is 13.0 Å². The van der Waals surface area contributed by atoms with Crippen LogP contribution in [-0.4, -0.2) is 66.6 Å². The average Bonchev–Trinajstić information content (AvgIpc) is 3.38. The molecule has 8 nitrogen and oxygen atoms in total. The summed E-state index contributed by atoms with van der Waals surface area (Å²) in [6.07, 6.45) is 0. The predicted octanol–water partition coefficient (Wildman–Crippen LogP) is 2.99. The van der Waals surface area contributed by atoms with E-state index in [0.717, 1.165) is 30.8 Å². The normalized spacial score (nSPS) is 15.2. The molecule has 0 bridgehead atoms. The number of hydrogen-bond acceptors (Lipinski definition) is 6. The van der Waals surface area contributed by atoms with E-state index in [1.165, 1.54) is 0 Å². The molecular weight excluding hydrogens is 420 g/mol. The summed E-state index contributed by atoms with van der Waals surface area (Å²) >= 11 is 0. The molecule has 1 aliphatic heterocycles. The average molecular weight is 449 g/mol. The van der Waals surface area contributed by atoms with Gasteiger partial charge in [0.15, 0.2) is 11.5 Å². The van der Waals surface area contributed by atoms with Gasteiger partial charge in [0.25, 0.3) is 5.91 Å². The minimum absolute atomic E-state index is 0.109. The summed E-state index contributed by atoms with van der Waals surface area (Å²) in [6, 6.07) is 17.3. The molecule has 2 heterocycles. The summed E-state index contributed by atoms with van der Waals surface area (Å²) in [7, 11) is 1.58. The Morgan fingerprint density at radius 2 is 1.82 bits per heavy atom. The summed E-state index contributed by atoms with van der Waals surface area (Å²) in [5, 5.41) is 6.80. The lowest BCUT2D eigenvalue weighted by Crippen LogP contribution is -2.52. The van der Waals surface area contributed by atoms with Crippen LogP contribution >= 0.6 is 0 Å². The number of hydrogen-bond donors (Lipinski definition) is 1. The summed E-state index contributed by atoms with van der Waals surface area (Å²) in [6.45, 7) is 5.99. The maximum absolute atomic E-state index is 13.4. The van der Waals surface area contributed by atoms with Crippen LogP contribution in [0.1, 0.15) is 29.0 Å². The third-order valence-corrected chi connectivity index (χ3v) is 5.88. The molecular formula is C25H28N4O4. The lowest BCUT2D eigenvalue weighted by molar-refractivity contribution is -0.135. The summed E-state index contributed by atoms with van der Waals surface area (Å²) in [5.41, 5.74) is 1.58. The van der Waals surface area contributed by atoms with Gasteiger partial charge in [-0.3, -0.25) is 9.59 Å². The Bertz CT molecular complexity index is 1090. The number of rotatable bonds is 7. The fraction of sp³-hybridized carbons (Fsp3) is 0.320. The number of carbonyl (C=O) groups is 2. The summed E-state index contributed by atoms with van der Waals surface area (Å²) < 4.78 is 10.6. The molecule has 1 aliphatic rings. The molecule has 0 radical (unpaired) electrons. The SMILES string of the molecule is CCN1CCN(C(=O)C(NC(=O)c2cc(-c3cccc(OC)c3)on2)c2ccccc2)CC1. The smallest absolute Gasteiger partial charge is 0.274 e. The van der Waals surface area contributed by atoms with Crippen LogP contribution in [0.2, 0.25) is 0 Å². The van der Waals surface area contributed by atoms with Crippen molar-refractivity contribution in [1.29, 1.82) is 0 Å². The van der Waals surface area contributed by atoms with Crippen molar-refractivity contribution in [2.75, 3.05) is 39.8 Å². The van der Waals surface area contributed by atoms with E-state index in [1.807, 2.05) is 53.4 Å². The number of ether oxygens (including phenoxy) is 1. The van der Waals surface area contributed by atoms with Gasteiger partial charge in [-0.05, 0) is 24.2 Å². The largest absolute Gasteiger partial charge is 0.497 e. The second-order valence-corrected chi connectivity index (χ2v) is 7.89. The monoisotopic (exact) mass is 448 g/mol. The highest BCUT2D eigenvalue weighted by atomic mass is 16.5. The van der Waals surface area contributed by atoms with E-state index in [-0.39, 0.29) is 11.6 Å². The van der Waals surface area contributed by atoms with Gasteiger partial charge < -0.3 is 24.4 Å². The van der Waals surface area contributed by atoms with E-state index in [9.17, 15) is 9.59 Å². The van der Waals surface area contributed by atoms with Gasteiger partial charge in [-0.2, -0.15) is 0 Å². The van der Waals surface area contributed by atoms with Gasteiger partial charge in [-0.25, -0.2) is 0 Å². The number of benzene rings is 2. The predicted molar refractivity (Wildman–Crippen MR) is 124 cm³/mol. The number of methoxy groups -OCH3 is 1. The van der Waals surface area contributed by atoms with Crippen LogP contribution in [0.3, 0.4) is 0 Å². The Morgan fingerprint density at radius 1 is 1.06 bits per heavy atom. The van der Waals surface area contributed by atoms with Crippen LogP contribution in [0.25, 0.3) is 11.3 Å². The number of nitrogens with zero attached hydrogens (tertiary/aromatic N) is 3. The number of amides is 2. The van der Waals surface area contributed by atoms with Gasteiger partial charge in [0.05, 0.1) is 7.11 Å². The zero-order chi connectivity index (χ0) is 23.2. The van der Waals surface area contributed by atoms with Crippen molar-refractivity contribution < 1.29 is 18.8 Å². The quantitative estimate of drug-likeness (QED) is 0.598. The molecule has 8 heteroatoms. The molecule has 172 valence electrons. The Labute approximate surface area is 193 Å². The highest BCUT2D eigenvalue weighted by molar-refractivity contribution is 5.97. The lowest BCUT2D eigenvalue weighted by Gasteiger charge is -2.36. The maximum atomic E-state index is 13.4. The minimum atomic E-state index is -0.802. The fourth-order valence-electron chi connectivity index (χ4n) is 3.90. The number of carbonyl (C=O) groups excluding carboxylic acids is 2. The van der Waals surface area contributed by atoms with Crippen molar-refractivity contribution in [3.05, 3.63) is 71.9 Å². The molecule has 1 atom stereocenters. The Kier molecular flexibility index (Phi) is 7.04. The molecule has 3 aromatic rings. The maximum Gasteiger partial charge on any atom is 0.274 e. The zero-order valence-electron chi connectivity index (χ0n) is 18.9. The highest BCUT2D eigenvalue weighted by Crippen LogP contribution is 2.25. The first kappa shape index (κ1) is 22.5. The van der Waals surface area contributed by atoms with Crippen LogP contribution in [0.4, 0.5) is 0 Å². The van der Waals surface area contributed by atoms with E-state index >= 15 is 0 Å². The summed E-state index contributed by atoms with van der Waals surface area (Å²) in [4.78, 5) is 30.6. The van der Waals surface area contributed by atoms with Gasteiger partial charge in [-0.1, -0.05) is 54.5 Å².